The Kier molecular flexibility index (Phi) is 6.01. The number of ether oxygens (including phenoxy) is 4. The molecule has 1 aliphatic rings. The van der Waals surface area contributed by atoms with Crippen LogP contribution in [0.5, 0.6) is 23.0 Å². The fraction of sp³-hybridized carbons (Fsp3) is 0.350. The molecule has 1 saturated heterocycles. The van der Waals surface area contributed by atoms with Crippen molar-refractivity contribution in [3.63, 3.8) is 0 Å². The second kappa shape index (κ2) is 8.43. The highest BCUT2D eigenvalue weighted by atomic mass is 32.2. The zero-order valence-electron chi connectivity index (χ0n) is 15.9. The summed E-state index contributed by atoms with van der Waals surface area (Å²) >= 11 is 1.59. The molecule has 1 heterocycles. The fourth-order valence-corrected chi connectivity index (χ4v) is 4.27. The number of rotatable bonds is 7. The highest BCUT2D eigenvalue weighted by molar-refractivity contribution is 8.00. The van der Waals surface area contributed by atoms with E-state index in [1.807, 2.05) is 41.3 Å². The van der Waals surface area contributed by atoms with Gasteiger partial charge in [-0.25, -0.2) is 0 Å². The van der Waals surface area contributed by atoms with E-state index in [1.54, 1.807) is 40.2 Å². The van der Waals surface area contributed by atoms with Crippen molar-refractivity contribution in [1.29, 1.82) is 0 Å². The second-order valence-electron chi connectivity index (χ2n) is 5.98. The minimum Gasteiger partial charge on any atom is -0.497 e. The number of methoxy groups -OCH3 is 4. The van der Waals surface area contributed by atoms with Crippen molar-refractivity contribution < 1.29 is 23.7 Å². The van der Waals surface area contributed by atoms with Crippen molar-refractivity contribution >= 4 is 17.7 Å². The lowest BCUT2D eigenvalue weighted by molar-refractivity contribution is -0.128. The van der Waals surface area contributed by atoms with E-state index in [0.29, 0.717) is 23.8 Å². The number of carbonyl (C=O) groups excluding carboxylic acids is 1. The number of carbonyl (C=O) groups is 1. The molecule has 144 valence electrons. The van der Waals surface area contributed by atoms with E-state index < -0.39 is 0 Å². The Bertz CT molecular complexity index is 826. The van der Waals surface area contributed by atoms with Gasteiger partial charge in [0.2, 0.25) is 5.91 Å². The van der Waals surface area contributed by atoms with Crippen LogP contribution in [0.4, 0.5) is 0 Å². The second-order valence-corrected chi connectivity index (χ2v) is 7.05. The molecule has 2 aromatic carbocycles. The molecule has 1 amide bonds. The van der Waals surface area contributed by atoms with Crippen LogP contribution in [0.15, 0.2) is 36.4 Å². The fourth-order valence-electron chi connectivity index (χ4n) is 3.10. The van der Waals surface area contributed by atoms with Gasteiger partial charge in [-0.3, -0.25) is 4.79 Å². The summed E-state index contributed by atoms with van der Waals surface area (Å²) in [5, 5.41) is -0.104. The summed E-state index contributed by atoms with van der Waals surface area (Å²) in [6, 6.07) is 11.4. The van der Waals surface area contributed by atoms with Crippen LogP contribution in [0.2, 0.25) is 0 Å². The first kappa shape index (κ1) is 19.2. The minimum atomic E-state index is -0.104. The Balaban J connectivity index is 1.92. The lowest BCUT2D eigenvalue weighted by Gasteiger charge is -2.26. The van der Waals surface area contributed by atoms with Crippen LogP contribution < -0.4 is 18.9 Å². The lowest BCUT2D eigenvalue weighted by Crippen LogP contribution is -2.28. The van der Waals surface area contributed by atoms with Crippen molar-refractivity contribution in [2.24, 2.45) is 0 Å². The van der Waals surface area contributed by atoms with Crippen LogP contribution >= 0.6 is 11.8 Å². The maximum absolute atomic E-state index is 12.6. The van der Waals surface area contributed by atoms with E-state index in [-0.39, 0.29) is 11.3 Å². The summed E-state index contributed by atoms with van der Waals surface area (Å²) in [4.78, 5) is 14.4. The topological polar surface area (TPSA) is 57.2 Å². The number of nitrogens with zero attached hydrogens (tertiary/aromatic N) is 1. The van der Waals surface area contributed by atoms with E-state index in [4.69, 9.17) is 18.9 Å². The first-order valence-corrected chi connectivity index (χ1v) is 9.50. The van der Waals surface area contributed by atoms with E-state index in [1.165, 1.54) is 0 Å². The number of amides is 1. The Morgan fingerprint density at radius 3 is 2.30 bits per heavy atom. The predicted octanol–water partition coefficient (Wildman–Crippen LogP) is 3.50. The molecule has 6 nitrogen and oxygen atoms in total. The van der Waals surface area contributed by atoms with Gasteiger partial charge in [0.25, 0.3) is 0 Å². The van der Waals surface area contributed by atoms with E-state index in [2.05, 4.69) is 0 Å². The highest BCUT2D eigenvalue weighted by Gasteiger charge is 2.34. The largest absolute Gasteiger partial charge is 0.497 e. The Morgan fingerprint density at radius 2 is 1.63 bits per heavy atom. The maximum Gasteiger partial charge on any atom is 0.234 e. The average Bonchev–Trinajstić information content (AvgIpc) is 3.07. The van der Waals surface area contributed by atoms with Crippen LogP contribution in [0.25, 0.3) is 0 Å². The molecular formula is C20H23NO5S. The van der Waals surface area contributed by atoms with Gasteiger partial charge in [-0.15, -0.1) is 11.8 Å². The molecule has 3 rings (SSSR count). The Morgan fingerprint density at radius 1 is 0.926 bits per heavy atom. The van der Waals surface area contributed by atoms with Crippen molar-refractivity contribution in [2.45, 2.75) is 11.9 Å². The molecule has 7 heteroatoms. The zero-order chi connectivity index (χ0) is 19.4. The molecule has 1 atom stereocenters. The standard InChI is InChI=1S/C20H23NO5S/c1-23-15-6-8-16(24-2)14(9-15)11-21-19(22)12-27-20(21)13-5-7-17(25-3)18(10-13)26-4/h5-10,20H,11-12H2,1-4H3. The highest BCUT2D eigenvalue weighted by Crippen LogP contribution is 2.43. The first-order chi connectivity index (χ1) is 13.1. The van der Waals surface area contributed by atoms with Gasteiger partial charge in [-0.05, 0) is 35.9 Å². The molecule has 0 spiro atoms. The molecule has 1 aliphatic heterocycles. The van der Waals surface area contributed by atoms with Gasteiger partial charge in [0.05, 0.1) is 40.7 Å². The third kappa shape index (κ3) is 3.93. The Hall–Kier alpha value is -2.54. The summed E-state index contributed by atoms with van der Waals surface area (Å²) in [6.07, 6.45) is 0. The number of hydrogen-bond donors (Lipinski definition) is 0. The molecule has 0 saturated carbocycles. The zero-order valence-corrected chi connectivity index (χ0v) is 16.7. The summed E-state index contributed by atoms with van der Waals surface area (Å²) in [5.74, 6) is 3.29. The SMILES string of the molecule is COc1ccc(OC)c(CN2C(=O)CSC2c2ccc(OC)c(OC)c2)c1. The minimum absolute atomic E-state index is 0.0876. The summed E-state index contributed by atoms with van der Waals surface area (Å²) in [6.45, 7) is 0.436. The molecule has 1 unspecified atom stereocenters. The third-order valence-corrected chi connectivity index (χ3v) is 5.75. The van der Waals surface area contributed by atoms with Gasteiger partial charge in [-0.1, -0.05) is 6.07 Å². The van der Waals surface area contributed by atoms with Crippen molar-refractivity contribution in [3.8, 4) is 23.0 Å². The predicted molar refractivity (Wildman–Crippen MR) is 105 cm³/mol. The van der Waals surface area contributed by atoms with Gasteiger partial charge in [0.1, 0.15) is 16.9 Å². The molecule has 27 heavy (non-hydrogen) atoms. The van der Waals surface area contributed by atoms with Gasteiger partial charge >= 0.3 is 0 Å². The third-order valence-electron chi connectivity index (χ3n) is 4.49. The van der Waals surface area contributed by atoms with E-state index >= 15 is 0 Å². The molecule has 0 bridgehead atoms. The summed E-state index contributed by atoms with van der Waals surface area (Å²) < 4.78 is 21.5. The van der Waals surface area contributed by atoms with Crippen molar-refractivity contribution in [2.75, 3.05) is 34.2 Å². The maximum atomic E-state index is 12.6. The number of hydrogen-bond acceptors (Lipinski definition) is 6. The van der Waals surface area contributed by atoms with Gasteiger partial charge < -0.3 is 23.8 Å². The van der Waals surface area contributed by atoms with E-state index in [0.717, 1.165) is 22.6 Å². The average molecular weight is 389 g/mol. The van der Waals surface area contributed by atoms with Gasteiger partial charge in [0, 0.05) is 5.56 Å². The summed E-state index contributed by atoms with van der Waals surface area (Å²) in [5.41, 5.74) is 1.89. The molecule has 1 fully saturated rings. The van der Waals surface area contributed by atoms with Gasteiger partial charge in [0.15, 0.2) is 11.5 Å². The molecule has 2 aromatic rings. The molecule has 0 N–H and O–H groups in total. The number of benzene rings is 2. The molecule has 0 aliphatic carbocycles. The molecule has 0 aromatic heterocycles. The van der Waals surface area contributed by atoms with Crippen LogP contribution in [-0.2, 0) is 11.3 Å². The van der Waals surface area contributed by atoms with Crippen molar-refractivity contribution in [1.82, 2.24) is 4.90 Å². The van der Waals surface area contributed by atoms with Crippen molar-refractivity contribution in [3.05, 3.63) is 47.5 Å². The first-order valence-electron chi connectivity index (χ1n) is 8.45. The monoisotopic (exact) mass is 389 g/mol. The van der Waals surface area contributed by atoms with E-state index in [9.17, 15) is 4.79 Å². The quantitative estimate of drug-likeness (QED) is 0.723. The van der Waals surface area contributed by atoms with Crippen LogP contribution in [-0.4, -0.2) is 45.0 Å². The van der Waals surface area contributed by atoms with Gasteiger partial charge in [-0.2, -0.15) is 0 Å². The molecule has 0 radical (unpaired) electrons. The lowest BCUT2D eigenvalue weighted by atomic mass is 10.1. The van der Waals surface area contributed by atoms with Crippen LogP contribution in [0.3, 0.4) is 0 Å². The normalized spacial score (nSPS) is 16.4. The summed E-state index contributed by atoms with van der Waals surface area (Å²) in [7, 11) is 6.45. The smallest absolute Gasteiger partial charge is 0.234 e. The molecular weight excluding hydrogens is 366 g/mol. The van der Waals surface area contributed by atoms with Crippen LogP contribution in [0, 0.1) is 0 Å². The van der Waals surface area contributed by atoms with Crippen LogP contribution in [0.1, 0.15) is 16.5 Å². The Labute approximate surface area is 163 Å². The number of thioether (sulfide) groups is 1.